The first-order valence-corrected chi connectivity index (χ1v) is 8.76. The standard InChI is InChI=1S/C18H12F4N4OS/c19-10-3-1-2-9(6-10)8-28-18-25-16(24)11(7-23)17(27)26(18)15-13(21)5-4-12(20)14(15)22/h1-7,23H,8,24H2. The highest BCUT2D eigenvalue weighted by molar-refractivity contribution is 7.98. The zero-order chi connectivity index (χ0) is 20.4. The molecule has 0 saturated carbocycles. The van der Waals surface area contributed by atoms with Crippen molar-refractivity contribution in [3.05, 3.63) is 81.1 Å². The van der Waals surface area contributed by atoms with Gasteiger partial charge in [0.05, 0.1) is 0 Å². The second kappa shape index (κ2) is 7.85. The molecule has 3 N–H and O–H groups in total. The lowest BCUT2D eigenvalue weighted by Gasteiger charge is -2.15. The lowest BCUT2D eigenvalue weighted by molar-refractivity contribution is 0.482. The van der Waals surface area contributed by atoms with E-state index in [-0.39, 0.29) is 16.7 Å². The average molecular weight is 408 g/mol. The van der Waals surface area contributed by atoms with Gasteiger partial charge in [-0.25, -0.2) is 27.1 Å². The molecule has 1 aromatic heterocycles. The fourth-order valence-corrected chi connectivity index (χ4v) is 3.40. The van der Waals surface area contributed by atoms with E-state index >= 15 is 0 Å². The van der Waals surface area contributed by atoms with Crippen molar-refractivity contribution in [2.24, 2.45) is 0 Å². The number of anilines is 1. The van der Waals surface area contributed by atoms with Crippen LogP contribution in [0.1, 0.15) is 11.1 Å². The Morgan fingerprint density at radius 1 is 1.14 bits per heavy atom. The number of halogens is 4. The van der Waals surface area contributed by atoms with Crippen LogP contribution in [0.4, 0.5) is 23.4 Å². The monoisotopic (exact) mass is 408 g/mol. The maximum absolute atomic E-state index is 14.3. The van der Waals surface area contributed by atoms with E-state index in [1.807, 2.05) is 0 Å². The van der Waals surface area contributed by atoms with Crippen molar-refractivity contribution in [1.29, 1.82) is 5.41 Å². The third-order valence-corrected chi connectivity index (χ3v) is 4.77. The molecule has 0 amide bonds. The summed E-state index contributed by atoms with van der Waals surface area (Å²) in [7, 11) is 0. The summed E-state index contributed by atoms with van der Waals surface area (Å²) in [5, 5.41) is 7.06. The predicted octanol–water partition coefficient (Wildman–Crippen LogP) is 3.66. The third-order valence-electron chi connectivity index (χ3n) is 3.76. The number of nitrogen functional groups attached to an aromatic ring is 1. The molecule has 0 aliphatic heterocycles. The topological polar surface area (TPSA) is 84.8 Å². The van der Waals surface area contributed by atoms with Crippen molar-refractivity contribution in [2.75, 3.05) is 5.73 Å². The molecule has 0 spiro atoms. The van der Waals surface area contributed by atoms with E-state index in [9.17, 15) is 22.4 Å². The Kier molecular flexibility index (Phi) is 5.50. The number of thioether (sulfide) groups is 1. The first kappa shape index (κ1) is 19.6. The molecular formula is C18H12F4N4OS. The summed E-state index contributed by atoms with van der Waals surface area (Å²) < 4.78 is 56.1. The SMILES string of the molecule is N=Cc1c(N)nc(SCc2cccc(F)c2)n(-c2c(F)ccc(F)c2F)c1=O. The van der Waals surface area contributed by atoms with Gasteiger partial charge in [-0.1, -0.05) is 23.9 Å². The summed E-state index contributed by atoms with van der Waals surface area (Å²) in [6, 6.07) is 6.83. The van der Waals surface area contributed by atoms with Gasteiger partial charge < -0.3 is 11.1 Å². The van der Waals surface area contributed by atoms with Crippen molar-refractivity contribution in [3.8, 4) is 5.69 Å². The quantitative estimate of drug-likeness (QED) is 0.222. The molecule has 0 saturated heterocycles. The molecule has 28 heavy (non-hydrogen) atoms. The lowest BCUT2D eigenvalue weighted by Crippen LogP contribution is -2.28. The maximum Gasteiger partial charge on any atom is 0.269 e. The molecule has 3 rings (SSSR count). The summed E-state index contributed by atoms with van der Waals surface area (Å²) in [6.45, 7) is 0. The highest BCUT2D eigenvalue weighted by Crippen LogP contribution is 2.27. The Balaban J connectivity index is 2.19. The molecule has 3 aromatic rings. The van der Waals surface area contributed by atoms with Gasteiger partial charge in [0.1, 0.15) is 22.9 Å². The molecule has 0 aliphatic rings. The van der Waals surface area contributed by atoms with Gasteiger partial charge in [0.25, 0.3) is 5.56 Å². The summed E-state index contributed by atoms with van der Waals surface area (Å²) in [6.07, 6.45) is 0.595. The van der Waals surface area contributed by atoms with Crippen LogP contribution in [-0.4, -0.2) is 15.8 Å². The molecule has 144 valence electrons. The van der Waals surface area contributed by atoms with Crippen LogP contribution >= 0.6 is 11.8 Å². The number of benzene rings is 2. The Morgan fingerprint density at radius 2 is 1.86 bits per heavy atom. The molecule has 0 fully saturated rings. The van der Waals surface area contributed by atoms with Crippen LogP contribution in [0.3, 0.4) is 0 Å². The van der Waals surface area contributed by atoms with Gasteiger partial charge >= 0.3 is 0 Å². The van der Waals surface area contributed by atoms with Gasteiger partial charge in [-0.2, -0.15) is 0 Å². The molecule has 2 aromatic carbocycles. The van der Waals surface area contributed by atoms with Crippen LogP contribution in [0.5, 0.6) is 0 Å². The smallest absolute Gasteiger partial charge is 0.269 e. The van der Waals surface area contributed by atoms with E-state index in [4.69, 9.17) is 11.1 Å². The fourth-order valence-electron chi connectivity index (χ4n) is 2.46. The minimum absolute atomic E-state index is 0.0894. The molecule has 0 atom stereocenters. The van der Waals surface area contributed by atoms with Crippen LogP contribution in [0.15, 0.2) is 46.3 Å². The van der Waals surface area contributed by atoms with E-state index in [1.54, 1.807) is 6.07 Å². The zero-order valence-corrected chi connectivity index (χ0v) is 14.9. The first-order chi connectivity index (χ1) is 13.3. The molecular weight excluding hydrogens is 396 g/mol. The Morgan fingerprint density at radius 3 is 2.54 bits per heavy atom. The Bertz CT molecular complexity index is 1130. The summed E-state index contributed by atoms with van der Waals surface area (Å²) >= 11 is 0.849. The first-order valence-electron chi connectivity index (χ1n) is 7.77. The van der Waals surface area contributed by atoms with Gasteiger partial charge in [0.2, 0.25) is 0 Å². The van der Waals surface area contributed by atoms with E-state index in [0.29, 0.717) is 28.5 Å². The molecule has 0 radical (unpaired) electrons. The molecule has 0 aliphatic carbocycles. The van der Waals surface area contributed by atoms with Crippen molar-refractivity contribution < 1.29 is 17.6 Å². The molecule has 10 heteroatoms. The number of hydrogen-bond donors (Lipinski definition) is 2. The van der Waals surface area contributed by atoms with Crippen LogP contribution in [-0.2, 0) is 5.75 Å². The zero-order valence-electron chi connectivity index (χ0n) is 14.0. The van der Waals surface area contributed by atoms with Gasteiger partial charge in [-0.05, 0) is 29.8 Å². The molecule has 5 nitrogen and oxygen atoms in total. The molecule has 0 unspecified atom stereocenters. The fraction of sp³-hybridized carbons (Fsp3) is 0.0556. The number of hydrogen-bond acceptors (Lipinski definition) is 5. The highest BCUT2D eigenvalue weighted by atomic mass is 32.2. The van der Waals surface area contributed by atoms with Crippen LogP contribution in [0.2, 0.25) is 0 Å². The van der Waals surface area contributed by atoms with Crippen molar-refractivity contribution >= 4 is 23.8 Å². The number of nitrogens with zero attached hydrogens (tertiary/aromatic N) is 2. The Labute approximate surface area is 160 Å². The minimum Gasteiger partial charge on any atom is -0.383 e. The maximum atomic E-state index is 14.3. The number of nitrogens with one attached hydrogen (secondary N) is 1. The largest absolute Gasteiger partial charge is 0.383 e. The van der Waals surface area contributed by atoms with Gasteiger partial charge in [0, 0.05) is 12.0 Å². The van der Waals surface area contributed by atoms with Crippen LogP contribution < -0.4 is 11.3 Å². The van der Waals surface area contributed by atoms with Gasteiger partial charge in [-0.15, -0.1) is 0 Å². The van der Waals surface area contributed by atoms with Crippen molar-refractivity contribution in [1.82, 2.24) is 9.55 Å². The second-order valence-electron chi connectivity index (χ2n) is 5.59. The van der Waals surface area contributed by atoms with Crippen LogP contribution in [0, 0.1) is 28.7 Å². The summed E-state index contributed by atoms with van der Waals surface area (Å²) in [5.74, 6) is -4.86. The van der Waals surface area contributed by atoms with E-state index < -0.39 is 40.1 Å². The lowest BCUT2D eigenvalue weighted by atomic mass is 10.2. The summed E-state index contributed by atoms with van der Waals surface area (Å²) in [5.41, 5.74) is 3.77. The number of aromatic nitrogens is 2. The average Bonchev–Trinajstić information content (AvgIpc) is 2.65. The highest BCUT2D eigenvalue weighted by Gasteiger charge is 2.23. The molecule has 0 bridgehead atoms. The van der Waals surface area contributed by atoms with Gasteiger partial charge in [0.15, 0.2) is 22.6 Å². The van der Waals surface area contributed by atoms with E-state index in [1.165, 1.54) is 18.2 Å². The van der Waals surface area contributed by atoms with E-state index in [2.05, 4.69) is 4.98 Å². The molecule has 1 heterocycles. The van der Waals surface area contributed by atoms with Crippen molar-refractivity contribution in [3.63, 3.8) is 0 Å². The van der Waals surface area contributed by atoms with Crippen molar-refractivity contribution in [2.45, 2.75) is 10.9 Å². The second-order valence-corrected chi connectivity index (χ2v) is 6.53. The van der Waals surface area contributed by atoms with Crippen LogP contribution in [0.25, 0.3) is 5.69 Å². The van der Waals surface area contributed by atoms with Gasteiger partial charge in [-0.3, -0.25) is 4.79 Å². The summed E-state index contributed by atoms with van der Waals surface area (Å²) in [4.78, 5) is 16.6. The number of nitrogens with two attached hydrogens (primary N) is 1. The Hall–Kier alpha value is -3.14. The van der Waals surface area contributed by atoms with E-state index in [0.717, 1.165) is 11.8 Å². The predicted molar refractivity (Wildman–Crippen MR) is 98.0 cm³/mol. The normalized spacial score (nSPS) is 10.9. The minimum atomic E-state index is -1.59. The number of rotatable bonds is 5. The third kappa shape index (κ3) is 3.63.